The molecule has 0 spiro atoms. The molecule has 0 atom stereocenters. The van der Waals surface area contributed by atoms with Gasteiger partial charge >= 0.3 is 0 Å². The van der Waals surface area contributed by atoms with Crippen LogP contribution in [0.4, 0.5) is 11.4 Å². The predicted octanol–water partition coefficient (Wildman–Crippen LogP) is 4.88. The Bertz CT molecular complexity index is 1280. The van der Waals surface area contributed by atoms with E-state index in [-0.39, 0.29) is 5.70 Å². The first kappa shape index (κ1) is 20.1. The number of benzene rings is 3. The number of hydrogen-bond donors (Lipinski definition) is 1. The lowest BCUT2D eigenvalue weighted by molar-refractivity contribution is -0.120. The maximum Gasteiger partial charge on any atom is 0.282 e. The first-order valence-corrected chi connectivity index (χ1v) is 9.94. The van der Waals surface area contributed by atoms with Gasteiger partial charge in [-0.15, -0.1) is 0 Å². The molecule has 1 aliphatic rings. The Balaban J connectivity index is 1.85. The lowest BCUT2D eigenvalue weighted by Crippen LogP contribution is -2.32. The number of imide groups is 1. The van der Waals surface area contributed by atoms with Gasteiger partial charge in [-0.05, 0) is 73.4 Å². The van der Waals surface area contributed by atoms with E-state index < -0.39 is 11.8 Å². The molecule has 0 aromatic heterocycles. The summed E-state index contributed by atoms with van der Waals surface area (Å²) >= 11 is 0. The van der Waals surface area contributed by atoms with Crippen molar-refractivity contribution >= 4 is 28.8 Å². The maximum absolute atomic E-state index is 13.5. The molecule has 4 rings (SSSR count). The molecule has 152 valence electrons. The minimum Gasteiger partial charge on any atom is -0.350 e. The van der Waals surface area contributed by atoms with Crippen LogP contribution in [-0.4, -0.2) is 11.8 Å². The van der Waals surface area contributed by atoms with Crippen LogP contribution in [0.3, 0.4) is 0 Å². The van der Waals surface area contributed by atoms with Crippen molar-refractivity contribution in [1.29, 1.82) is 5.26 Å². The maximum atomic E-state index is 13.5. The molecule has 1 N–H and O–H groups in total. The fraction of sp³-hybridized carbons (Fsp3) is 0.115. The number of nitrogens with one attached hydrogen (secondary N) is 1. The van der Waals surface area contributed by atoms with E-state index in [1.807, 2.05) is 69.3 Å². The van der Waals surface area contributed by atoms with E-state index in [0.29, 0.717) is 22.4 Å². The molecule has 0 bridgehead atoms. The van der Waals surface area contributed by atoms with Crippen LogP contribution in [-0.2, 0) is 9.59 Å². The van der Waals surface area contributed by atoms with E-state index in [2.05, 4.69) is 5.32 Å². The topological polar surface area (TPSA) is 73.2 Å². The Labute approximate surface area is 181 Å². The summed E-state index contributed by atoms with van der Waals surface area (Å²) in [4.78, 5) is 28.1. The van der Waals surface area contributed by atoms with Gasteiger partial charge in [-0.2, -0.15) is 5.26 Å². The van der Waals surface area contributed by atoms with Crippen molar-refractivity contribution in [2.75, 3.05) is 10.2 Å². The monoisotopic (exact) mass is 407 g/mol. The number of hydrogen-bond acceptors (Lipinski definition) is 4. The van der Waals surface area contributed by atoms with Crippen molar-refractivity contribution in [2.24, 2.45) is 0 Å². The summed E-state index contributed by atoms with van der Waals surface area (Å²) in [6.07, 6.45) is 0. The summed E-state index contributed by atoms with van der Waals surface area (Å²) in [5, 5.41) is 12.3. The SMILES string of the molecule is Cc1ccc(C2=C(Nc3ccccc3C)C(=O)N(c3ccc(C#N)cc3)C2=O)cc1C. The Morgan fingerprint density at radius 2 is 1.52 bits per heavy atom. The van der Waals surface area contributed by atoms with Crippen LogP contribution in [0.25, 0.3) is 5.57 Å². The zero-order valence-electron chi connectivity index (χ0n) is 17.6. The van der Waals surface area contributed by atoms with Crippen molar-refractivity contribution in [3.05, 3.63) is 100 Å². The van der Waals surface area contributed by atoms with Gasteiger partial charge in [0.2, 0.25) is 0 Å². The zero-order chi connectivity index (χ0) is 22.1. The van der Waals surface area contributed by atoms with Gasteiger partial charge in [-0.3, -0.25) is 9.59 Å². The Morgan fingerprint density at radius 3 is 2.16 bits per heavy atom. The molecule has 1 aliphatic heterocycles. The van der Waals surface area contributed by atoms with E-state index in [0.717, 1.165) is 27.3 Å². The van der Waals surface area contributed by atoms with Gasteiger partial charge in [0.25, 0.3) is 11.8 Å². The summed E-state index contributed by atoms with van der Waals surface area (Å²) < 4.78 is 0. The summed E-state index contributed by atoms with van der Waals surface area (Å²) in [6, 6.07) is 21.8. The minimum absolute atomic E-state index is 0.243. The van der Waals surface area contributed by atoms with Crippen molar-refractivity contribution in [2.45, 2.75) is 20.8 Å². The fourth-order valence-corrected chi connectivity index (χ4v) is 3.58. The lowest BCUT2D eigenvalue weighted by Gasteiger charge is -2.15. The molecule has 0 saturated heterocycles. The molecule has 31 heavy (non-hydrogen) atoms. The Morgan fingerprint density at radius 1 is 0.806 bits per heavy atom. The van der Waals surface area contributed by atoms with Crippen LogP contribution < -0.4 is 10.2 Å². The first-order chi connectivity index (χ1) is 14.9. The highest BCUT2D eigenvalue weighted by molar-refractivity contribution is 6.46. The number of amides is 2. The molecule has 2 amide bonds. The number of para-hydroxylation sites is 1. The molecule has 0 saturated carbocycles. The number of aryl methyl sites for hydroxylation is 3. The van der Waals surface area contributed by atoms with E-state index in [4.69, 9.17) is 5.26 Å². The highest BCUT2D eigenvalue weighted by atomic mass is 16.2. The van der Waals surface area contributed by atoms with Gasteiger partial charge in [0.15, 0.2) is 0 Å². The first-order valence-electron chi connectivity index (χ1n) is 9.94. The average molecular weight is 407 g/mol. The summed E-state index contributed by atoms with van der Waals surface area (Å²) in [6.45, 7) is 5.93. The lowest BCUT2D eigenvalue weighted by atomic mass is 9.99. The van der Waals surface area contributed by atoms with Crippen LogP contribution >= 0.6 is 0 Å². The molecule has 5 nitrogen and oxygen atoms in total. The van der Waals surface area contributed by atoms with E-state index in [1.54, 1.807) is 24.3 Å². The normalized spacial score (nSPS) is 13.5. The average Bonchev–Trinajstić information content (AvgIpc) is 3.01. The van der Waals surface area contributed by atoms with Crippen molar-refractivity contribution < 1.29 is 9.59 Å². The summed E-state index contributed by atoms with van der Waals surface area (Å²) in [5.74, 6) is -0.819. The van der Waals surface area contributed by atoms with Crippen molar-refractivity contribution in [3.63, 3.8) is 0 Å². The number of carbonyl (C=O) groups excluding carboxylic acids is 2. The van der Waals surface area contributed by atoms with Gasteiger partial charge < -0.3 is 5.32 Å². The van der Waals surface area contributed by atoms with Gasteiger partial charge in [-0.25, -0.2) is 4.90 Å². The second-order valence-electron chi connectivity index (χ2n) is 7.59. The number of nitriles is 1. The third-order valence-corrected chi connectivity index (χ3v) is 5.54. The molecule has 1 heterocycles. The van der Waals surface area contributed by atoms with Crippen LogP contribution in [0.1, 0.15) is 27.8 Å². The van der Waals surface area contributed by atoms with E-state index in [1.165, 1.54) is 0 Å². The summed E-state index contributed by atoms with van der Waals surface area (Å²) in [7, 11) is 0. The molecule has 3 aromatic rings. The zero-order valence-corrected chi connectivity index (χ0v) is 17.6. The third-order valence-electron chi connectivity index (χ3n) is 5.54. The smallest absolute Gasteiger partial charge is 0.282 e. The standard InChI is InChI=1S/C26H21N3O2/c1-16-8-11-20(14-18(16)3)23-24(28-22-7-5-4-6-17(22)2)26(31)29(25(23)30)21-12-9-19(15-27)10-13-21/h4-14,28H,1-3H3. The third kappa shape index (κ3) is 3.60. The molecule has 5 heteroatoms. The highest BCUT2D eigenvalue weighted by Crippen LogP contribution is 2.35. The van der Waals surface area contributed by atoms with Gasteiger partial charge in [0, 0.05) is 5.69 Å². The van der Waals surface area contributed by atoms with Crippen LogP contribution in [0.2, 0.25) is 0 Å². The molecular weight excluding hydrogens is 386 g/mol. The number of nitrogens with zero attached hydrogens (tertiary/aromatic N) is 2. The molecule has 0 radical (unpaired) electrons. The van der Waals surface area contributed by atoms with Gasteiger partial charge in [0.1, 0.15) is 5.70 Å². The van der Waals surface area contributed by atoms with Crippen molar-refractivity contribution in [1.82, 2.24) is 0 Å². The molecule has 0 fully saturated rings. The second kappa shape index (κ2) is 7.92. The molecule has 0 aliphatic carbocycles. The van der Waals surface area contributed by atoms with Gasteiger partial charge in [-0.1, -0.05) is 36.4 Å². The van der Waals surface area contributed by atoms with E-state index in [9.17, 15) is 9.59 Å². The van der Waals surface area contributed by atoms with E-state index >= 15 is 0 Å². The molecule has 3 aromatic carbocycles. The summed E-state index contributed by atoms with van der Waals surface area (Å²) in [5.41, 5.74) is 6.03. The quantitative estimate of drug-likeness (QED) is 0.626. The number of anilines is 2. The molecule has 0 unspecified atom stereocenters. The largest absolute Gasteiger partial charge is 0.350 e. The fourth-order valence-electron chi connectivity index (χ4n) is 3.58. The Hall–Kier alpha value is -4.17. The number of rotatable bonds is 4. The number of carbonyl (C=O) groups is 2. The van der Waals surface area contributed by atoms with Crippen LogP contribution in [0.15, 0.2) is 72.4 Å². The Kier molecular flexibility index (Phi) is 5.14. The molecular formula is C26H21N3O2. The highest BCUT2D eigenvalue weighted by Gasteiger charge is 2.40. The predicted molar refractivity (Wildman–Crippen MR) is 121 cm³/mol. The van der Waals surface area contributed by atoms with Crippen molar-refractivity contribution in [3.8, 4) is 6.07 Å². The van der Waals surface area contributed by atoms with Crippen LogP contribution in [0, 0.1) is 32.1 Å². The van der Waals surface area contributed by atoms with Gasteiger partial charge in [0.05, 0.1) is 22.9 Å². The van der Waals surface area contributed by atoms with Crippen LogP contribution in [0.5, 0.6) is 0 Å². The minimum atomic E-state index is -0.425. The second-order valence-corrected chi connectivity index (χ2v) is 7.59.